The van der Waals surface area contributed by atoms with Crippen LogP contribution in [0.15, 0.2) is 36.5 Å². The van der Waals surface area contributed by atoms with Gasteiger partial charge in [-0.3, -0.25) is 4.98 Å². The molecule has 19 heavy (non-hydrogen) atoms. The molecule has 1 aliphatic carbocycles. The van der Waals surface area contributed by atoms with Crippen LogP contribution in [0.2, 0.25) is 0 Å². The maximum Gasteiger partial charge on any atom is 0.145 e. The Morgan fingerprint density at radius 3 is 2.63 bits per heavy atom. The van der Waals surface area contributed by atoms with Gasteiger partial charge in [-0.05, 0) is 61.6 Å². The zero-order valence-electron chi connectivity index (χ0n) is 11.0. The van der Waals surface area contributed by atoms with Gasteiger partial charge in [-0.2, -0.15) is 0 Å². The summed E-state index contributed by atoms with van der Waals surface area (Å²) in [6, 6.07) is 9.89. The van der Waals surface area contributed by atoms with Crippen LogP contribution in [0, 0.1) is 0 Å². The number of aromatic nitrogens is 1. The van der Waals surface area contributed by atoms with E-state index in [1.54, 1.807) is 19.2 Å². The monoisotopic (exact) mass is 255 g/mol. The SMILES string of the molecule is CC(O)c1ccc(Oc2ccc3c(c2)CCC3)cn1. The van der Waals surface area contributed by atoms with Crippen LogP contribution >= 0.6 is 0 Å². The van der Waals surface area contributed by atoms with Crippen LogP contribution in [-0.2, 0) is 12.8 Å². The molecule has 0 spiro atoms. The first-order valence-electron chi connectivity index (χ1n) is 6.66. The summed E-state index contributed by atoms with van der Waals surface area (Å²) in [5.41, 5.74) is 3.49. The highest BCUT2D eigenvalue weighted by Crippen LogP contribution is 2.28. The quantitative estimate of drug-likeness (QED) is 0.913. The van der Waals surface area contributed by atoms with Crippen molar-refractivity contribution in [3.8, 4) is 11.5 Å². The molecule has 1 aliphatic rings. The molecule has 0 amide bonds. The smallest absolute Gasteiger partial charge is 0.145 e. The molecule has 1 N–H and O–H groups in total. The van der Waals surface area contributed by atoms with Crippen LogP contribution in [0.1, 0.15) is 36.3 Å². The van der Waals surface area contributed by atoms with Crippen LogP contribution in [0.3, 0.4) is 0 Å². The van der Waals surface area contributed by atoms with Gasteiger partial charge in [-0.25, -0.2) is 0 Å². The van der Waals surface area contributed by atoms with E-state index < -0.39 is 6.10 Å². The van der Waals surface area contributed by atoms with Crippen LogP contribution in [0.25, 0.3) is 0 Å². The predicted molar refractivity (Wildman–Crippen MR) is 73.4 cm³/mol. The van der Waals surface area contributed by atoms with Gasteiger partial charge in [-0.15, -0.1) is 0 Å². The van der Waals surface area contributed by atoms with Crippen molar-refractivity contribution in [1.29, 1.82) is 0 Å². The highest BCUT2D eigenvalue weighted by atomic mass is 16.5. The fourth-order valence-corrected chi connectivity index (χ4v) is 2.45. The second-order valence-corrected chi connectivity index (χ2v) is 4.98. The molecule has 0 saturated heterocycles. The van der Waals surface area contributed by atoms with E-state index in [4.69, 9.17) is 4.74 Å². The Hall–Kier alpha value is -1.87. The number of rotatable bonds is 3. The van der Waals surface area contributed by atoms with Gasteiger partial charge >= 0.3 is 0 Å². The summed E-state index contributed by atoms with van der Waals surface area (Å²) in [5, 5.41) is 9.41. The number of ether oxygens (including phenoxy) is 1. The number of hydrogen-bond donors (Lipinski definition) is 1. The van der Waals surface area contributed by atoms with Gasteiger partial charge in [0.1, 0.15) is 11.5 Å². The van der Waals surface area contributed by atoms with Crippen molar-refractivity contribution < 1.29 is 9.84 Å². The molecule has 0 radical (unpaired) electrons. The van der Waals surface area contributed by atoms with E-state index in [0.29, 0.717) is 11.4 Å². The molecule has 3 heteroatoms. The highest BCUT2D eigenvalue weighted by molar-refractivity contribution is 5.40. The van der Waals surface area contributed by atoms with Crippen molar-refractivity contribution in [2.75, 3.05) is 0 Å². The Kier molecular flexibility index (Phi) is 3.22. The molecule has 0 fully saturated rings. The molecule has 0 bridgehead atoms. The second kappa shape index (κ2) is 5.02. The number of hydrogen-bond acceptors (Lipinski definition) is 3. The lowest BCUT2D eigenvalue weighted by Crippen LogP contribution is -1.95. The van der Waals surface area contributed by atoms with Gasteiger partial charge in [0.2, 0.25) is 0 Å². The topological polar surface area (TPSA) is 42.4 Å². The van der Waals surface area contributed by atoms with Crippen molar-refractivity contribution in [2.24, 2.45) is 0 Å². The van der Waals surface area contributed by atoms with Crippen LogP contribution < -0.4 is 4.74 Å². The first-order valence-corrected chi connectivity index (χ1v) is 6.66. The lowest BCUT2D eigenvalue weighted by atomic mass is 10.1. The number of fused-ring (bicyclic) bond motifs is 1. The van der Waals surface area contributed by atoms with Gasteiger partial charge in [0, 0.05) is 0 Å². The number of nitrogens with zero attached hydrogens (tertiary/aromatic N) is 1. The minimum absolute atomic E-state index is 0.547. The van der Waals surface area contributed by atoms with E-state index in [2.05, 4.69) is 17.1 Å². The van der Waals surface area contributed by atoms with Crippen molar-refractivity contribution in [3.05, 3.63) is 53.3 Å². The molecule has 3 rings (SSSR count). The fraction of sp³-hybridized carbons (Fsp3) is 0.312. The van der Waals surface area contributed by atoms with Crippen LogP contribution in [0.5, 0.6) is 11.5 Å². The summed E-state index contributed by atoms with van der Waals surface area (Å²) in [5.74, 6) is 1.55. The van der Waals surface area contributed by atoms with E-state index in [9.17, 15) is 5.11 Å². The maximum atomic E-state index is 9.41. The first kappa shape index (κ1) is 12.2. The van der Waals surface area contributed by atoms with Crippen LogP contribution in [-0.4, -0.2) is 10.1 Å². The molecule has 1 aromatic heterocycles. The molecule has 1 aromatic carbocycles. The highest BCUT2D eigenvalue weighted by Gasteiger charge is 2.11. The molecule has 2 aromatic rings. The van der Waals surface area contributed by atoms with E-state index >= 15 is 0 Å². The maximum absolute atomic E-state index is 9.41. The van der Waals surface area contributed by atoms with Gasteiger partial charge in [-0.1, -0.05) is 6.07 Å². The third-order valence-electron chi connectivity index (χ3n) is 3.49. The average molecular weight is 255 g/mol. The predicted octanol–water partition coefficient (Wildman–Crippen LogP) is 3.42. The minimum Gasteiger partial charge on any atom is -0.456 e. The normalized spacial score (nSPS) is 15.1. The summed E-state index contributed by atoms with van der Waals surface area (Å²) >= 11 is 0. The number of aryl methyl sites for hydroxylation is 2. The molecule has 3 nitrogen and oxygen atoms in total. The van der Waals surface area contributed by atoms with Crippen molar-refractivity contribution >= 4 is 0 Å². The molecule has 0 aliphatic heterocycles. The lowest BCUT2D eigenvalue weighted by Gasteiger charge is -2.09. The summed E-state index contributed by atoms with van der Waals surface area (Å²) in [7, 11) is 0. The van der Waals surface area contributed by atoms with Gasteiger partial charge in [0.05, 0.1) is 18.0 Å². The Bertz CT molecular complexity index is 576. The van der Waals surface area contributed by atoms with Gasteiger partial charge < -0.3 is 9.84 Å². The van der Waals surface area contributed by atoms with Crippen molar-refractivity contribution in [2.45, 2.75) is 32.3 Å². The molecular weight excluding hydrogens is 238 g/mol. The molecular formula is C16H17NO2. The van der Waals surface area contributed by atoms with E-state index in [0.717, 1.165) is 12.2 Å². The first-order chi connectivity index (χ1) is 9.22. The zero-order chi connectivity index (χ0) is 13.2. The number of benzene rings is 1. The second-order valence-electron chi connectivity index (χ2n) is 4.98. The Morgan fingerprint density at radius 1 is 1.11 bits per heavy atom. The third kappa shape index (κ3) is 2.61. The Balaban J connectivity index is 1.77. The minimum atomic E-state index is -0.547. The zero-order valence-corrected chi connectivity index (χ0v) is 11.0. The number of aliphatic hydroxyl groups is 1. The molecule has 0 saturated carbocycles. The summed E-state index contributed by atoms with van der Waals surface area (Å²) in [6.45, 7) is 1.70. The van der Waals surface area contributed by atoms with Gasteiger partial charge in [0.15, 0.2) is 0 Å². The molecule has 1 unspecified atom stereocenters. The van der Waals surface area contributed by atoms with Crippen LogP contribution in [0.4, 0.5) is 0 Å². The number of pyridine rings is 1. The van der Waals surface area contributed by atoms with Crippen molar-refractivity contribution in [1.82, 2.24) is 4.98 Å². The van der Waals surface area contributed by atoms with E-state index in [1.807, 2.05) is 12.1 Å². The van der Waals surface area contributed by atoms with Crippen molar-refractivity contribution in [3.63, 3.8) is 0 Å². The average Bonchev–Trinajstić information content (AvgIpc) is 2.87. The van der Waals surface area contributed by atoms with E-state index in [-0.39, 0.29) is 0 Å². The standard InChI is InChI=1S/C16H17NO2/c1-11(18)16-8-7-15(10-17-16)19-14-6-5-12-3-2-4-13(12)9-14/h5-11,18H,2-4H2,1H3. The molecule has 1 heterocycles. The van der Waals surface area contributed by atoms with E-state index in [1.165, 1.54) is 24.0 Å². The summed E-state index contributed by atoms with van der Waals surface area (Å²) in [6.07, 6.45) is 4.67. The summed E-state index contributed by atoms with van der Waals surface area (Å²) < 4.78 is 5.79. The molecule has 98 valence electrons. The van der Waals surface area contributed by atoms with Gasteiger partial charge in [0.25, 0.3) is 0 Å². The summed E-state index contributed by atoms with van der Waals surface area (Å²) in [4.78, 5) is 4.17. The lowest BCUT2D eigenvalue weighted by molar-refractivity contribution is 0.194. The third-order valence-corrected chi connectivity index (χ3v) is 3.49. The Labute approximate surface area is 112 Å². The fourth-order valence-electron chi connectivity index (χ4n) is 2.45. The Morgan fingerprint density at radius 2 is 1.89 bits per heavy atom. The molecule has 1 atom stereocenters. The number of aliphatic hydroxyl groups excluding tert-OH is 1. The largest absolute Gasteiger partial charge is 0.456 e.